The second-order valence-electron chi connectivity index (χ2n) is 3.87. The second kappa shape index (κ2) is 8.20. The monoisotopic (exact) mass is 229 g/mol. The van der Waals surface area contributed by atoms with Gasteiger partial charge in [0, 0.05) is 17.5 Å². The summed E-state index contributed by atoms with van der Waals surface area (Å²) in [5.41, 5.74) is 0. The van der Waals surface area contributed by atoms with Gasteiger partial charge in [0.1, 0.15) is 0 Å². The van der Waals surface area contributed by atoms with Crippen LogP contribution in [-0.4, -0.2) is 36.8 Å². The average molecular weight is 229 g/mol. The molecule has 0 amide bonds. The first-order chi connectivity index (χ1) is 7.38. The molecule has 1 heterocycles. The molecule has 0 radical (unpaired) electrons. The quantitative estimate of drug-likeness (QED) is 0.535. The number of rotatable bonds is 7. The van der Waals surface area contributed by atoms with Crippen LogP contribution in [0.3, 0.4) is 0 Å². The number of nitrogens with one attached hydrogen (secondary N) is 1. The van der Waals surface area contributed by atoms with Crippen molar-refractivity contribution in [2.24, 2.45) is 0 Å². The predicted octanol–water partition coefficient (Wildman–Crippen LogP) is 2.45. The summed E-state index contributed by atoms with van der Waals surface area (Å²) >= 11 is 2.01. The zero-order valence-corrected chi connectivity index (χ0v) is 10.5. The molecule has 2 nitrogen and oxygen atoms in total. The first-order valence-electron chi connectivity index (χ1n) is 5.92. The summed E-state index contributed by atoms with van der Waals surface area (Å²) in [4.78, 5) is 0. The third-order valence-corrected chi connectivity index (χ3v) is 3.70. The summed E-state index contributed by atoms with van der Waals surface area (Å²) in [5, 5.41) is 3.54. The Bertz CT molecular complexity index is 169. The third-order valence-electron chi connectivity index (χ3n) is 2.68. The van der Waals surface area contributed by atoms with E-state index in [0.717, 1.165) is 31.1 Å². The first kappa shape index (κ1) is 13.1. The Hall–Kier alpha value is 0.01000. The maximum atomic E-state index is 5.81. The van der Waals surface area contributed by atoms with Gasteiger partial charge in [-0.3, -0.25) is 0 Å². The van der Waals surface area contributed by atoms with Gasteiger partial charge in [-0.1, -0.05) is 13.0 Å². The Morgan fingerprint density at radius 1 is 1.67 bits per heavy atom. The Balaban J connectivity index is 2.29. The zero-order chi connectivity index (χ0) is 10.9. The van der Waals surface area contributed by atoms with Crippen LogP contribution >= 0.6 is 11.8 Å². The van der Waals surface area contributed by atoms with Crippen molar-refractivity contribution in [1.82, 2.24) is 5.32 Å². The molecule has 1 rings (SSSR count). The smallest absolute Gasteiger partial charge is 0.0818 e. The lowest BCUT2D eigenvalue weighted by atomic mass is 10.0. The van der Waals surface area contributed by atoms with Gasteiger partial charge in [-0.2, -0.15) is 11.8 Å². The van der Waals surface area contributed by atoms with Crippen molar-refractivity contribution in [3.63, 3.8) is 0 Å². The van der Waals surface area contributed by atoms with Crippen molar-refractivity contribution in [3.05, 3.63) is 12.7 Å². The summed E-state index contributed by atoms with van der Waals surface area (Å²) in [7, 11) is 0. The van der Waals surface area contributed by atoms with E-state index < -0.39 is 0 Å². The third kappa shape index (κ3) is 5.05. The van der Waals surface area contributed by atoms with Crippen molar-refractivity contribution >= 4 is 11.8 Å². The van der Waals surface area contributed by atoms with Crippen LogP contribution < -0.4 is 5.32 Å². The molecule has 0 aromatic rings. The SMILES string of the molecule is C=CCCCC(NCC)C1CSCCO1. The van der Waals surface area contributed by atoms with E-state index in [9.17, 15) is 0 Å². The minimum atomic E-state index is 0.411. The number of allylic oxidation sites excluding steroid dienone is 1. The van der Waals surface area contributed by atoms with Gasteiger partial charge in [-0.15, -0.1) is 6.58 Å². The molecule has 88 valence electrons. The highest BCUT2D eigenvalue weighted by Gasteiger charge is 2.23. The van der Waals surface area contributed by atoms with Crippen molar-refractivity contribution in [2.45, 2.75) is 38.3 Å². The highest BCUT2D eigenvalue weighted by Crippen LogP contribution is 2.18. The van der Waals surface area contributed by atoms with Gasteiger partial charge in [0.25, 0.3) is 0 Å². The van der Waals surface area contributed by atoms with Crippen LogP contribution in [0, 0.1) is 0 Å². The Labute approximate surface area is 97.8 Å². The minimum Gasteiger partial charge on any atom is -0.375 e. The van der Waals surface area contributed by atoms with E-state index in [2.05, 4.69) is 18.8 Å². The molecule has 2 atom stereocenters. The molecule has 1 N–H and O–H groups in total. The Kier molecular flexibility index (Phi) is 7.14. The van der Waals surface area contributed by atoms with Gasteiger partial charge in [0.2, 0.25) is 0 Å². The summed E-state index contributed by atoms with van der Waals surface area (Å²) in [5.74, 6) is 2.30. The molecule has 0 aromatic heterocycles. The van der Waals surface area contributed by atoms with Gasteiger partial charge >= 0.3 is 0 Å². The molecule has 1 saturated heterocycles. The van der Waals surface area contributed by atoms with E-state index in [4.69, 9.17) is 4.74 Å². The summed E-state index contributed by atoms with van der Waals surface area (Å²) < 4.78 is 5.81. The molecular formula is C12H23NOS. The van der Waals surface area contributed by atoms with E-state index in [-0.39, 0.29) is 0 Å². The Morgan fingerprint density at radius 2 is 2.53 bits per heavy atom. The van der Waals surface area contributed by atoms with E-state index in [0.29, 0.717) is 12.1 Å². The maximum Gasteiger partial charge on any atom is 0.0818 e. The standard InChI is InChI=1S/C12H23NOS/c1-3-5-6-7-11(13-4-2)12-10-15-9-8-14-12/h3,11-13H,1,4-10H2,2H3. The molecule has 1 fully saturated rings. The maximum absolute atomic E-state index is 5.81. The normalized spacial score (nSPS) is 23.7. The van der Waals surface area contributed by atoms with Gasteiger partial charge in [-0.25, -0.2) is 0 Å². The molecule has 1 aliphatic rings. The van der Waals surface area contributed by atoms with Gasteiger partial charge in [0.15, 0.2) is 0 Å². The van der Waals surface area contributed by atoms with E-state index >= 15 is 0 Å². The molecule has 0 saturated carbocycles. The lowest BCUT2D eigenvalue weighted by Gasteiger charge is -2.30. The van der Waals surface area contributed by atoms with Gasteiger partial charge in [0.05, 0.1) is 12.7 Å². The molecule has 3 heteroatoms. The number of unbranched alkanes of at least 4 members (excludes halogenated alkanes) is 1. The fourth-order valence-corrected chi connectivity index (χ4v) is 2.84. The van der Waals surface area contributed by atoms with Crippen molar-refractivity contribution in [2.75, 3.05) is 24.7 Å². The second-order valence-corrected chi connectivity index (χ2v) is 5.02. The number of hydrogen-bond donors (Lipinski definition) is 1. The summed E-state index contributed by atoms with van der Waals surface area (Å²) in [6.45, 7) is 7.87. The van der Waals surface area contributed by atoms with Crippen LogP contribution in [0.15, 0.2) is 12.7 Å². The highest BCUT2D eigenvalue weighted by molar-refractivity contribution is 7.99. The zero-order valence-electron chi connectivity index (χ0n) is 9.71. The summed E-state index contributed by atoms with van der Waals surface area (Å²) in [6, 6.07) is 0.530. The largest absolute Gasteiger partial charge is 0.375 e. The van der Waals surface area contributed by atoms with Crippen LogP contribution in [0.25, 0.3) is 0 Å². The lowest BCUT2D eigenvalue weighted by molar-refractivity contribution is 0.0448. The van der Waals surface area contributed by atoms with Crippen molar-refractivity contribution in [1.29, 1.82) is 0 Å². The predicted molar refractivity (Wildman–Crippen MR) is 68.6 cm³/mol. The lowest BCUT2D eigenvalue weighted by Crippen LogP contribution is -2.44. The van der Waals surface area contributed by atoms with Crippen LogP contribution in [0.2, 0.25) is 0 Å². The number of hydrogen-bond acceptors (Lipinski definition) is 3. The molecule has 2 unspecified atom stereocenters. The number of thioether (sulfide) groups is 1. The van der Waals surface area contributed by atoms with Crippen molar-refractivity contribution in [3.8, 4) is 0 Å². The molecule has 15 heavy (non-hydrogen) atoms. The van der Waals surface area contributed by atoms with Crippen molar-refractivity contribution < 1.29 is 4.74 Å². The van der Waals surface area contributed by atoms with Crippen LogP contribution in [0.4, 0.5) is 0 Å². The van der Waals surface area contributed by atoms with Crippen LogP contribution in [0.1, 0.15) is 26.2 Å². The highest BCUT2D eigenvalue weighted by atomic mass is 32.2. The Morgan fingerprint density at radius 3 is 3.13 bits per heavy atom. The van der Waals surface area contributed by atoms with E-state index in [1.54, 1.807) is 0 Å². The van der Waals surface area contributed by atoms with Crippen LogP contribution in [-0.2, 0) is 4.74 Å². The fraction of sp³-hybridized carbons (Fsp3) is 0.833. The fourth-order valence-electron chi connectivity index (χ4n) is 1.90. The van der Waals surface area contributed by atoms with E-state index in [1.807, 2.05) is 17.8 Å². The van der Waals surface area contributed by atoms with Crippen LogP contribution in [0.5, 0.6) is 0 Å². The molecule has 0 aliphatic carbocycles. The molecule has 0 aromatic carbocycles. The topological polar surface area (TPSA) is 21.3 Å². The molecule has 0 spiro atoms. The van der Waals surface area contributed by atoms with Gasteiger partial charge in [-0.05, 0) is 25.8 Å². The molecular weight excluding hydrogens is 206 g/mol. The number of likely N-dealkylation sites (N-methyl/N-ethyl adjacent to an activating group) is 1. The molecule has 0 bridgehead atoms. The minimum absolute atomic E-state index is 0.411. The van der Waals surface area contributed by atoms with Gasteiger partial charge < -0.3 is 10.1 Å². The number of ether oxygens (including phenoxy) is 1. The summed E-state index contributed by atoms with van der Waals surface area (Å²) in [6.07, 6.45) is 5.94. The average Bonchev–Trinajstić information content (AvgIpc) is 2.29. The van der Waals surface area contributed by atoms with E-state index in [1.165, 1.54) is 12.8 Å². The molecule has 1 aliphatic heterocycles. The first-order valence-corrected chi connectivity index (χ1v) is 7.07.